The summed E-state index contributed by atoms with van der Waals surface area (Å²) < 4.78 is 32.7. The molecule has 1 heterocycles. The summed E-state index contributed by atoms with van der Waals surface area (Å²) in [5.41, 5.74) is 6.23. The molecule has 2 aromatic carbocycles. The molecule has 30 heavy (non-hydrogen) atoms. The maximum atomic E-state index is 12.7. The highest BCUT2D eigenvalue weighted by atomic mass is 79.9. The lowest BCUT2D eigenvalue weighted by Crippen LogP contribution is -2.52. The first-order valence-electron chi connectivity index (χ1n) is 9.30. The average Bonchev–Trinajstić information content (AvgIpc) is 2.75. The number of hydrogen-bond acceptors (Lipinski definition) is 6. The van der Waals surface area contributed by atoms with Crippen molar-refractivity contribution in [1.82, 2.24) is 9.21 Å². The lowest BCUT2D eigenvalue weighted by atomic mass is 10.2. The number of esters is 1. The van der Waals surface area contributed by atoms with Gasteiger partial charge < -0.3 is 15.4 Å². The SMILES string of the molecule is CC(OC(=O)c1cc(Br)ccc1N)C(=O)N1CCN(S(=O)(=O)c2ccccc2)CC1. The van der Waals surface area contributed by atoms with Gasteiger partial charge in [-0.1, -0.05) is 34.1 Å². The molecule has 0 radical (unpaired) electrons. The van der Waals surface area contributed by atoms with Crippen LogP contribution in [-0.4, -0.2) is 61.8 Å². The van der Waals surface area contributed by atoms with Crippen LogP contribution in [0.15, 0.2) is 57.9 Å². The number of amides is 1. The molecule has 0 aliphatic carbocycles. The predicted octanol–water partition coefficient (Wildman–Crippen LogP) is 2.11. The third-order valence-electron chi connectivity index (χ3n) is 4.80. The van der Waals surface area contributed by atoms with Gasteiger partial charge in [0, 0.05) is 36.3 Å². The van der Waals surface area contributed by atoms with Crippen LogP contribution < -0.4 is 5.73 Å². The Morgan fingerprint density at radius 3 is 2.33 bits per heavy atom. The summed E-state index contributed by atoms with van der Waals surface area (Å²) in [4.78, 5) is 26.8. The zero-order valence-electron chi connectivity index (χ0n) is 16.3. The minimum absolute atomic E-state index is 0.169. The van der Waals surface area contributed by atoms with E-state index in [-0.39, 0.29) is 48.2 Å². The predicted molar refractivity (Wildman–Crippen MR) is 115 cm³/mol. The molecule has 0 saturated carbocycles. The van der Waals surface area contributed by atoms with E-state index in [1.807, 2.05) is 0 Å². The first-order chi connectivity index (χ1) is 14.2. The van der Waals surface area contributed by atoms with Gasteiger partial charge in [-0.05, 0) is 37.3 Å². The maximum Gasteiger partial charge on any atom is 0.341 e. The van der Waals surface area contributed by atoms with Crippen molar-refractivity contribution < 1.29 is 22.7 Å². The molecule has 1 saturated heterocycles. The van der Waals surface area contributed by atoms with Gasteiger partial charge in [0.15, 0.2) is 6.10 Å². The molecular weight excluding hydrogens is 474 g/mol. The molecule has 0 bridgehead atoms. The first-order valence-corrected chi connectivity index (χ1v) is 11.5. The van der Waals surface area contributed by atoms with E-state index in [1.54, 1.807) is 42.5 Å². The van der Waals surface area contributed by atoms with Crippen LogP contribution in [0.25, 0.3) is 0 Å². The molecule has 10 heteroatoms. The van der Waals surface area contributed by atoms with Gasteiger partial charge in [-0.3, -0.25) is 4.79 Å². The second kappa shape index (κ2) is 9.15. The van der Waals surface area contributed by atoms with Crippen LogP contribution in [0, 0.1) is 0 Å². The van der Waals surface area contributed by atoms with Crippen molar-refractivity contribution in [3.63, 3.8) is 0 Å². The fraction of sp³-hybridized carbons (Fsp3) is 0.300. The summed E-state index contributed by atoms with van der Waals surface area (Å²) in [6.45, 7) is 2.25. The summed E-state index contributed by atoms with van der Waals surface area (Å²) in [5.74, 6) is -1.08. The summed E-state index contributed by atoms with van der Waals surface area (Å²) in [5, 5.41) is 0. The number of sulfonamides is 1. The third kappa shape index (κ3) is 4.82. The van der Waals surface area contributed by atoms with Gasteiger partial charge in [0.1, 0.15) is 0 Å². The Morgan fingerprint density at radius 2 is 1.70 bits per heavy atom. The van der Waals surface area contributed by atoms with Crippen molar-refractivity contribution in [2.45, 2.75) is 17.9 Å². The molecule has 2 aromatic rings. The lowest BCUT2D eigenvalue weighted by molar-refractivity contribution is -0.141. The quantitative estimate of drug-likeness (QED) is 0.502. The monoisotopic (exact) mass is 495 g/mol. The molecule has 3 rings (SSSR count). The molecule has 1 amide bonds. The second-order valence-electron chi connectivity index (χ2n) is 6.82. The number of anilines is 1. The van der Waals surface area contributed by atoms with Crippen LogP contribution in [0.4, 0.5) is 5.69 Å². The molecule has 1 aliphatic heterocycles. The summed E-state index contributed by atoms with van der Waals surface area (Å²) in [6.07, 6.45) is -1.02. The Labute approximate surface area is 183 Å². The highest BCUT2D eigenvalue weighted by Gasteiger charge is 2.32. The molecule has 2 N–H and O–H groups in total. The van der Waals surface area contributed by atoms with E-state index in [0.29, 0.717) is 4.47 Å². The molecule has 1 atom stereocenters. The van der Waals surface area contributed by atoms with E-state index < -0.39 is 22.1 Å². The fourth-order valence-electron chi connectivity index (χ4n) is 3.13. The van der Waals surface area contributed by atoms with Crippen LogP contribution in [-0.2, 0) is 19.6 Å². The molecule has 1 unspecified atom stereocenters. The van der Waals surface area contributed by atoms with Gasteiger partial charge in [0.25, 0.3) is 5.91 Å². The van der Waals surface area contributed by atoms with Crippen molar-refractivity contribution in [1.29, 1.82) is 0 Å². The van der Waals surface area contributed by atoms with Crippen molar-refractivity contribution >= 4 is 43.5 Å². The van der Waals surface area contributed by atoms with Crippen LogP contribution in [0.5, 0.6) is 0 Å². The molecule has 1 aliphatic rings. The number of rotatable bonds is 5. The van der Waals surface area contributed by atoms with Gasteiger partial charge >= 0.3 is 5.97 Å². The van der Waals surface area contributed by atoms with Gasteiger partial charge in [0.2, 0.25) is 10.0 Å². The Bertz CT molecular complexity index is 1040. The average molecular weight is 496 g/mol. The largest absolute Gasteiger partial charge is 0.449 e. The van der Waals surface area contributed by atoms with Crippen molar-refractivity contribution in [2.24, 2.45) is 0 Å². The van der Waals surface area contributed by atoms with Crippen LogP contribution >= 0.6 is 15.9 Å². The minimum Gasteiger partial charge on any atom is -0.449 e. The molecule has 0 spiro atoms. The second-order valence-corrected chi connectivity index (χ2v) is 9.68. The highest BCUT2D eigenvalue weighted by molar-refractivity contribution is 9.10. The Balaban J connectivity index is 1.59. The molecular formula is C20H22BrN3O5S. The molecule has 160 valence electrons. The zero-order chi connectivity index (χ0) is 21.9. The van der Waals surface area contributed by atoms with E-state index in [2.05, 4.69) is 15.9 Å². The molecule has 0 aromatic heterocycles. The number of carbonyl (C=O) groups is 2. The topological polar surface area (TPSA) is 110 Å². The van der Waals surface area contributed by atoms with E-state index in [4.69, 9.17) is 10.5 Å². The minimum atomic E-state index is -3.60. The number of benzene rings is 2. The number of nitrogens with two attached hydrogens (primary N) is 1. The standard InChI is InChI=1S/C20H22BrN3O5S/c1-14(29-20(26)17-13-15(21)7-8-18(17)22)19(25)23-9-11-24(12-10-23)30(27,28)16-5-3-2-4-6-16/h2-8,13-14H,9-12,22H2,1H3. The smallest absolute Gasteiger partial charge is 0.341 e. The Kier molecular flexibility index (Phi) is 6.79. The Hall–Kier alpha value is -2.43. The number of nitrogens with zero attached hydrogens (tertiary/aromatic N) is 2. The van der Waals surface area contributed by atoms with Crippen LogP contribution in [0.1, 0.15) is 17.3 Å². The maximum absolute atomic E-state index is 12.7. The number of hydrogen-bond donors (Lipinski definition) is 1. The number of halogens is 1. The number of carbonyl (C=O) groups excluding carboxylic acids is 2. The van der Waals surface area contributed by atoms with E-state index in [0.717, 1.165) is 0 Å². The van der Waals surface area contributed by atoms with E-state index in [1.165, 1.54) is 22.2 Å². The number of piperazine rings is 1. The first kappa shape index (κ1) is 22.3. The van der Waals surface area contributed by atoms with Crippen LogP contribution in [0.3, 0.4) is 0 Å². The van der Waals surface area contributed by atoms with Crippen molar-refractivity contribution in [2.75, 3.05) is 31.9 Å². The van der Waals surface area contributed by atoms with Crippen LogP contribution in [0.2, 0.25) is 0 Å². The van der Waals surface area contributed by atoms with Gasteiger partial charge in [0.05, 0.1) is 10.5 Å². The third-order valence-corrected chi connectivity index (χ3v) is 7.20. The number of ether oxygens (including phenoxy) is 1. The lowest BCUT2D eigenvalue weighted by Gasteiger charge is -2.35. The summed E-state index contributed by atoms with van der Waals surface area (Å²) >= 11 is 3.27. The fourth-order valence-corrected chi connectivity index (χ4v) is 4.93. The highest BCUT2D eigenvalue weighted by Crippen LogP contribution is 2.21. The normalized spacial score (nSPS) is 16.1. The van der Waals surface area contributed by atoms with Crippen molar-refractivity contribution in [3.8, 4) is 0 Å². The summed E-state index contributed by atoms with van der Waals surface area (Å²) in [6, 6.07) is 13.0. The van der Waals surface area contributed by atoms with Gasteiger partial charge in [-0.25, -0.2) is 13.2 Å². The van der Waals surface area contributed by atoms with Crippen molar-refractivity contribution in [3.05, 3.63) is 58.6 Å². The molecule has 1 fully saturated rings. The zero-order valence-corrected chi connectivity index (χ0v) is 18.7. The van der Waals surface area contributed by atoms with Gasteiger partial charge in [-0.2, -0.15) is 4.31 Å². The number of nitrogen functional groups attached to an aromatic ring is 1. The van der Waals surface area contributed by atoms with E-state index >= 15 is 0 Å². The van der Waals surface area contributed by atoms with E-state index in [9.17, 15) is 18.0 Å². The summed E-state index contributed by atoms with van der Waals surface area (Å²) in [7, 11) is -3.60. The molecule has 8 nitrogen and oxygen atoms in total. The Morgan fingerprint density at radius 1 is 1.07 bits per heavy atom. The van der Waals surface area contributed by atoms with Gasteiger partial charge in [-0.15, -0.1) is 0 Å².